The highest BCUT2D eigenvalue weighted by Gasteiger charge is 2.42. The summed E-state index contributed by atoms with van der Waals surface area (Å²) in [7, 11) is 0. The standard InChI is InChI=1S/C14H26O2/c1-11-7-9-14(16,10-8-11)13(15)12-5-3-2-4-6-12/h11-13,15-16H,2-10H2,1H3. The predicted molar refractivity (Wildman–Crippen MR) is 65.2 cm³/mol. The summed E-state index contributed by atoms with van der Waals surface area (Å²) in [6.07, 6.45) is 9.25. The lowest BCUT2D eigenvalue weighted by molar-refractivity contribution is -0.129. The Morgan fingerprint density at radius 2 is 1.56 bits per heavy atom. The number of hydrogen-bond acceptors (Lipinski definition) is 2. The van der Waals surface area contributed by atoms with Crippen LogP contribution < -0.4 is 0 Å². The Morgan fingerprint density at radius 3 is 2.12 bits per heavy atom. The molecule has 0 spiro atoms. The Balaban J connectivity index is 1.93. The van der Waals surface area contributed by atoms with E-state index in [0.29, 0.717) is 5.92 Å². The van der Waals surface area contributed by atoms with Gasteiger partial charge in [-0.3, -0.25) is 0 Å². The maximum absolute atomic E-state index is 10.6. The van der Waals surface area contributed by atoms with Crippen molar-refractivity contribution in [2.45, 2.75) is 76.4 Å². The van der Waals surface area contributed by atoms with Crippen molar-refractivity contribution in [1.29, 1.82) is 0 Å². The van der Waals surface area contributed by atoms with Gasteiger partial charge < -0.3 is 10.2 Å². The monoisotopic (exact) mass is 226 g/mol. The quantitative estimate of drug-likeness (QED) is 0.760. The maximum atomic E-state index is 10.6. The first kappa shape index (κ1) is 12.4. The van der Waals surface area contributed by atoms with Gasteiger partial charge in [-0.15, -0.1) is 0 Å². The average molecular weight is 226 g/mol. The Morgan fingerprint density at radius 1 is 1.00 bits per heavy atom. The first-order valence-corrected chi connectivity index (χ1v) is 7.02. The molecule has 2 aliphatic rings. The molecule has 16 heavy (non-hydrogen) atoms. The van der Waals surface area contributed by atoms with Gasteiger partial charge in [0.15, 0.2) is 0 Å². The summed E-state index contributed by atoms with van der Waals surface area (Å²) < 4.78 is 0. The second-order valence-electron chi connectivity index (χ2n) is 6.13. The molecular formula is C14H26O2. The van der Waals surface area contributed by atoms with Crippen LogP contribution in [0.3, 0.4) is 0 Å². The van der Waals surface area contributed by atoms with Gasteiger partial charge in [-0.25, -0.2) is 0 Å². The molecule has 0 radical (unpaired) electrons. The highest BCUT2D eigenvalue weighted by molar-refractivity contribution is 4.94. The van der Waals surface area contributed by atoms with Gasteiger partial charge in [0.2, 0.25) is 0 Å². The highest BCUT2D eigenvalue weighted by Crippen LogP contribution is 2.39. The van der Waals surface area contributed by atoms with Gasteiger partial charge in [0, 0.05) is 0 Å². The molecule has 2 fully saturated rings. The van der Waals surface area contributed by atoms with Crippen molar-refractivity contribution in [1.82, 2.24) is 0 Å². The van der Waals surface area contributed by atoms with Crippen molar-refractivity contribution < 1.29 is 10.2 Å². The van der Waals surface area contributed by atoms with Crippen LogP contribution in [-0.4, -0.2) is 21.9 Å². The molecule has 2 heteroatoms. The van der Waals surface area contributed by atoms with E-state index in [1.54, 1.807) is 0 Å². The van der Waals surface area contributed by atoms with Crippen LogP contribution in [0.25, 0.3) is 0 Å². The lowest BCUT2D eigenvalue weighted by Gasteiger charge is -2.42. The average Bonchev–Trinajstić information content (AvgIpc) is 2.33. The molecule has 0 amide bonds. The molecule has 2 rings (SSSR count). The zero-order chi connectivity index (χ0) is 11.6. The molecule has 0 aromatic rings. The van der Waals surface area contributed by atoms with Crippen LogP contribution >= 0.6 is 0 Å². The maximum Gasteiger partial charge on any atom is 0.0908 e. The van der Waals surface area contributed by atoms with E-state index < -0.39 is 11.7 Å². The Bertz CT molecular complexity index is 213. The zero-order valence-electron chi connectivity index (χ0n) is 10.5. The van der Waals surface area contributed by atoms with Crippen LogP contribution in [0.5, 0.6) is 0 Å². The molecule has 1 unspecified atom stereocenters. The summed E-state index contributed by atoms with van der Waals surface area (Å²) >= 11 is 0. The largest absolute Gasteiger partial charge is 0.390 e. The second-order valence-corrected chi connectivity index (χ2v) is 6.13. The Labute approximate surface area is 99.1 Å². The zero-order valence-corrected chi connectivity index (χ0v) is 10.5. The van der Waals surface area contributed by atoms with Crippen LogP contribution in [0.2, 0.25) is 0 Å². The molecule has 0 heterocycles. The minimum atomic E-state index is -0.769. The van der Waals surface area contributed by atoms with Crippen LogP contribution in [0, 0.1) is 11.8 Å². The molecular weight excluding hydrogens is 200 g/mol. The van der Waals surface area contributed by atoms with Gasteiger partial charge >= 0.3 is 0 Å². The van der Waals surface area contributed by atoms with E-state index in [0.717, 1.165) is 44.4 Å². The fourth-order valence-electron chi connectivity index (χ4n) is 3.45. The fraction of sp³-hybridized carbons (Fsp3) is 1.00. The van der Waals surface area contributed by atoms with E-state index in [9.17, 15) is 10.2 Å². The topological polar surface area (TPSA) is 40.5 Å². The van der Waals surface area contributed by atoms with Gasteiger partial charge in [-0.05, 0) is 50.4 Å². The molecule has 0 aliphatic heterocycles. The molecule has 0 bridgehead atoms. The molecule has 2 nitrogen and oxygen atoms in total. The van der Waals surface area contributed by atoms with Crippen LogP contribution in [0.1, 0.15) is 64.7 Å². The van der Waals surface area contributed by atoms with Crippen molar-refractivity contribution in [3.8, 4) is 0 Å². The normalized spacial score (nSPS) is 39.6. The van der Waals surface area contributed by atoms with Gasteiger partial charge in [0.25, 0.3) is 0 Å². The summed E-state index contributed by atoms with van der Waals surface area (Å²) in [6.45, 7) is 2.24. The predicted octanol–water partition coefficient (Wildman–Crippen LogP) is 2.87. The summed E-state index contributed by atoms with van der Waals surface area (Å²) in [4.78, 5) is 0. The molecule has 0 aromatic heterocycles. The first-order chi connectivity index (χ1) is 7.62. The van der Waals surface area contributed by atoms with Crippen LogP contribution in [0.15, 0.2) is 0 Å². The number of hydrogen-bond donors (Lipinski definition) is 2. The molecule has 1 atom stereocenters. The van der Waals surface area contributed by atoms with Crippen molar-refractivity contribution in [2.24, 2.45) is 11.8 Å². The van der Waals surface area contributed by atoms with E-state index in [2.05, 4.69) is 6.92 Å². The van der Waals surface area contributed by atoms with Crippen LogP contribution in [0.4, 0.5) is 0 Å². The van der Waals surface area contributed by atoms with Crippen molar-refractivity contribution in [3.05, 3.63) is 0 Å². The minimum absolute atomic E-state index is 0.354. The van der Waals surface area contributed by atoms with Crippen molar-refractivity contribution >= 4 is 0 Å². The van der Waals surface area contributed by atoms with E-state index >= 15 is 0 Å². The summed E-state index contributed by atoms with van der Waals surface area (Å²) in [5.41, 5.74) is -0.769. The second kappa shape index (κ2) is 5.05. The first-order valence-electron chi connectivity index (χ1n) is 7.02. The molecule has 2 aliphatic carbocycles. The Hall–Kier alpha value is -0.0800. The lowest BCUT2D eigenvalue weighted by atomic mass is 9.70. The van der Waals surface area contributed by atoms with Crippen LogP contribution in [-0.2, 0) is 0 Å². The Kier molecular flexibility index (Phi) is 3.91. The highest BCUT2D eigenvalue weighted by atomic mass is 16.3. The number of rotatable bonds is 2. The van der Waals surface area contributed by atoms with E-state index in [4.69, 9.17) is 0 Å². The van der Waals surface area contributed by atoms with Gasteiger partial charge in [0.1, 0.15) is 0 Å². The van der Waals surface area contributed by atoms with E-state index in [1.165, 1.54) is 19.3 Å². The van der Waals surface area contributed by atoms with E-state index in [1.807, 2.05) is 0 Å². The lowest BCUT2D eigenvalue weighted by Crippen LogP contribution is -2.49. The molecule has 94 valence electrons. The molecule has 0 aromatic carbocycles. The van der Waals surface area contributed by atoms with Gasteiger partial charge in [-0.2, -0.15) is 0 Å². The molecule has 0 saturated heterocycles. The third-order valence-corrected chi connectivity index (χ3v) is 4.79. The smallest absolute Gasteiger partial charge is 0.0908 e. The summed E-state index contributed by atoms with van der Waals surface area (Å²) in [5.74, 6) is 1.07. The third kappa shape index (κ3) is 2.60. The summed E-state index contributed by atoms with van der Waals surface area (Å²) in [6, 6.07) is 0. The number of aliphatic hydroxyl groups is 2. The van der Waals surface area contributed by atoms with E-state index in [-0.39, 0.29) is 0 Å². The van der Waals surface area contributed by atoms with Crippen molar-refractivity contribution in [3.63, 3.8) is 0 Å². The minimum Gasteiger partial charge on any atom is -0.390 e. The molecule has 2 N–H and O–H groups in total. The summed E-state index contributed by atoms with van der Waals surface area (Å²) in [5, 5.41) is 21.0. The van der Waals surface area contributed by atoms with Crippen molar-refractivity contribution in [2.75, 3.05) is 0 Å². The molecule has 2 saturated carbocycles. The SMILES string of the molecule is CC1CCC(O)(C(O)C2CCCCC2)CC1. The number of aliphatic hydroxyl groups excluding tert-OH is 1. The van der Waals surface area contributed by atoms with Gasteiger partial charge in [0.05, 0.1) is 11.7 Å². The third-order valence-electron chi connectivity index (χ3n) is 4.79. The fourth-order valence-corrected chi connectivity index (χ4v) is 3.45. The van der Waals surface area contributed by atoms with Gasteiger partial charge in [-0.1, -0.05) is 26.2 Å².